The van der Waals surface area contributed by atoms with Gasteiger partial charge in [-0.3, -0.25) is 9.69 Å². The van der Waals surface area contributed by atoms with Crippen molar-refractivity contribution in [2.45, 2.75) is 31.9 Å². The van der Waals surface area contributed by atoms with Crippen LogP contribution in [0.2, 0.25) is 0 Å². The summed E-state index contributed by atoms with van der Waals surface area (Å²) in [6.07, 6.45) is -0.170. The molecule has 0 saturated carbocycles. The van der Waals surface area contributed by atoms with Gasteiger partial charge in [-0.2, -0.15) is 0 Å². The highest BCUT2D eigenvalue weighted by molar-refractivity contribution is 5.81. The fraction of sp³-hybridized carbons (Fsp3) is 0.727. The zero-order valence-corrected chi connectivity index (χ0v) is 10.7. The molecule has 102 valence electrons. The summed E-state index contributed by atoms with van der Waals surface area (Å²) in [6.45, 7) is 1.43. The molecular weight excluding hydrogens is 242 g/mol. The van der Waals surface area contributed by atoms with E-state index in [2.05, 4.69) is 9.47 Å². The summed E-state index contributed by atoms with van der Waals surface area (Å²) >= 11 is 0. The first-order valence-electron chi connectivity index (χ1n) is 5.59. The Hall–Kier alpha value is -1.79. The molecule has 0 aliphatic carbocycles. The van der Waals surface area contributed by atoms with Crippen LogP contribution in [0.3, 0.4) is 0 Å². The van der Waals surface area contributed by atoms with E-state index in [1.165, 1.54) is 26.0 Å². The Labute approximate surface area is 105 Å². The predicted octanol–water partition coefficient (Wildman–Crippen LogP) is 0.322. The first kappa shape index (κ1) is 14.3. The Kier molecular flexibility index (Phi) is 4.94. The lowest BCUT2D eigenvalue weighted by Crippen LogP contribution is -2.53. The van der Waals surface area contributed by atoms with E-state index in [1.807, 2.05) is 0 Å². The van der Waals surface area contributed by atoms with Crippen molar-refractivity contribution in [1.82, 2.24) is 4.90 Å². The number of carbonyl (C=O) groups is 3. The predicted molar refractivity (Wildman–Crippen MR) is 59.7 cm³/mol. The van der Waals surface area contributed by atoms with E-state index in [0.717, 1.165) is 0 Å². The zero-order valence-electron chi connectivity index (χ0n) is 10.7. The molecule has 7 heteroatoms. The molecule has 0 spiro atoms. The molecule has 1 amide bonds. The second-order valence-electron chi connectivity index (χ2n) is 3.97. The number of esters is 2. The van der Waals surface area contributed by atoms with Crippen LogP contribution in [0.5, 0.6) is 0 Å². The molecule has 1 rings (SSSR count). The van der Waals surface area contributed by atoms with Crippen molar-refractivity contribution in [3.8, 4) is 0 Å². The van der Waals surface area contributed by atoms with Crippen LogP contribution in [-0.4, -0.2) is 55.8 Å². The quantitative estimate of drug-likeness (QED) is 0.524. The second kappa shape index (κ2) is 6.23. The number of rotatable bonds is 2. The maximum atomic E-state index is 11.6. The van der Waals surface area contributed by atoms with Gasteiger partial charge >= 0.3 is 18.0 Å². The Morgan fingerprint density at radius 1 is 1.11 bits per heavy atom. The third-order valence-corrected chi connectivity index (χ3v) is 2.75. The van der Waals surface area contributed by atoms with E-state index < -0.39 is 30.2 Å². The minimum absolute atomic E-state index is 0.131. The van der Waals surface area contributed by atoms with E-state index in [0.29, 0.717) is 12.8 Å². The van der Waals surface area contributed by atoms with Gasteiger partial charge in [0.1, 0.15) is 12.1 Å². The van der Waals surface area contributed by atoms with Crippen LogP contribution in [0.4, 0.5) is 4.79 Å². The molecule has 0 unspecified atom stereocenters. The monoisotopic (exact) mass is 259 g/mol. The van der Waals surface area contributed by atoms with Crippen LogP contribution < -0.4 is 0 Å². The molecule has 1 heterocycles. The van der Waals surface area contributed by atoms with Crippen LogP contribution in [0, 0.1) is 0 Å². The van der Waals surface area contributed by atoms with Gasteiger partial charge in [0, 0.05) is 6.92 Å². The SMILES string of the molecule is COC(=O)[C@@H]1CC[C@@H](OC(C)=O)CN1C(=O)OC. The summed E-state index contributed by atoms with van der Waals surface area (Å²) < 4.78 is 14.3. The number of likely N-dealkylation sites (tertiary alicyclic amines) is 1. The zero-order chi connectivity index (χ0) is 13.7. The Bertz CT molecular complexity index is 342. The van der Waals surface area contributed by atoms with Gasteiger partial charge in [0.2, 0.25) is 0 Å². The molecule has 0 N–H and O–H groups in total. The van der Waals surface area contributed by atoms with Crippen molar-refractivity contribution in [3.63, 3.8) is 0 Å². The summed E-state index contributed by atoms with van der Waals surface area (Å²) in [4.78, 5) is 35.2. The molecule has 0 radical (unpaired) electrons. The number of ether oxygens (including phenoxy) is 3. The van der Waals surface area contributed by atoms with Gasteiger partial charge in [-0.1, -0.05) is 0 Å². The largest absolute Gasteiger partial charge is 0.467 e. The number of hydrogen-bond donors (Lipinski definition) is 0. The Morgan fingerprint density at radius 3 is 2.28 bits per heavy atom. The maximum absolute atomic E-state index is 11.6. The van der Waals surface area contributed by atoms with E-state index in [1.54, 1.807) is 0 Å². The third-order valence-electron chi connectivity index (χ3n) is 2.75. The van der Waals surface area contributed by atoms with Crippen molar-refractivity contribution in [2.24, 2.45) is 0 Å². The van der Waals surface area contributed by atoms with Gasteiger partial charge in [-0.15, -0.1) is 0 Å². The Balaban J connectivity index is 2.75. The number of piperidine rings is 1. The maximum Gasteiger partial charge on any atom is 0.410 e. The molecule has 1 saturated heterocycles. The third kappa shape index (κ3) is 3.35. The van der Waals surface area contributed by atoms with Crippen molar-refractivity contribution in [2.75, 3.05) is 20.8 Å². The number of hydrogen-bond acceptors (Lipinski definition) is 6. The Morgan fingerprint density at radius 2 is 1.78 bits per heavy atom. The minimum atomic E-state index is -0.686. The van der Waals surface area contributed by atoms with Crippen LogP contribution in [0.25, 0.3) is 0 Å². The normalized spacial score (nSPS) is 23.2. The van der Waals surface area contributed by atoms with Crippen molar-refractivity contribution < 1.29 is 28.6 Å². The highest BCUT2D eigenvalue weighted by Gasteiger charge is 2.38. The van der Waals surface area contributed by atoms with Crippen LogP contribution in [0.1, 0.15) is 19.8 Å². The molecule has 0 aromatic heterocycles. The van der Waals surface area contributed by atoms with Crippen molar-refractivity contribution >= 4 is 18.0 Å². The molecule has 0 bridgehead atoms. The van der Waals surface area contributed by atoms with Gasteiger partial charge in [0.15, 0.2) is 0 Å². The molecule has 0 aromatic rings. The number of carbonyl (C=O) groups excluding carboxylic acids is 3. The minimum Gasteiger partial charge on any atom is -0.467 e. The lowest BCUT2D eigenvalue weighted by molar-refractivity contribution is -0.154. The van der Waals surface area contributed by atoms with Gasteiger partial charge in [-0.25, -0.2) is 9.59 Å². The lowest BCUT2D eigenvalue weighted by atomic mass is 10.0. The average molecular weight is 259 g/mol. The van der Waals surface area contributed by atoms with E-state index in [4.69, 9.17) is 4.74 Å². The van der Waals surface area contributed by atoms with Crippen LogP contribution in [0.15, 0.2) is 0 Å². The molecule has 18 heavy (non-hydrogen) atoms. The van der Waals surface area contributed by atoms with Gasteiger partial charge in [0.05, 0.1) is 20.8 Å². The number of nitrogens with zero attached hydrogens (tertiary/aromatic N) is 1. The molecule has 7 nitrogen and oxygen atoms in total. The van der Waals surface area contributed by atoms with Crippen molar-refractivity contribution in [1.29, 1.82) is 0 Å². The molecule has 1 aliphatic heterocycles. The highest BCUT2D eigenvalue weighted by Crippen LogP contribution is 2.21. The summed E-state index contributed by atoms with van der Waals surface area (Å²) in [5.41, 5.74) is 0. The van der Waals surface area contributed by atoms with Crippen LogP contribution >= 0.6 is 0 Å². The van der Waals surface area contributed by atoms with Gasteiger partial charge in [-0.05, 0) is 12.8 Å². The van der Waals surface area contributed by atoms with E-state index >= 15 is 0 Å². The molecular formula is C11H17NO6. The van der Waals surface area contributed by atoms with Gasteiger partial charge < -0.3 is 14.2 Å². The molecule has 0 aromatic carbocycles. The standard InChI is InChI=1S/C11H17NO6/c1-7(13)18-8-4-5-9(10(14)16-2)12(6-8)11(15)17-3/h8-9H,4-6H2,1-3H3/t8-,9+/m1/s1. The summed E-state index contributed by atoms with van der Waals surface area (Å²) in [6, 6.07) is -0.686. The lowest BCUT2D eigenvalue weighted by Gasteiger charge is -2.36. The van der Waals surface area contributed by atoms with Crippen LogP contribution in [-0.2, 0) is 23.8 Å². The highest BCUT2D eigenvalue weighted by atomic mass is 16.6. The first-order chi connectivity index (χ1) is 8.49. The summed E-state index contributed by atoms with van der Waals surface area (Å²) in [5.74, 6) is -0.914. The van der Waals surface area contributed by atoms with Crippen molar-refractivity contribution in [3.05, 3.63) is 0 Å². The topological polar surface area (TPSA) is 82.1 Å². The average Bonchev–Trinajstić information content (AvgIpc) is 2.36. The first-order valence-corrected chi connectivity index (χ1v) is 5.59. The van der Waals surface area contributed by atoms with Gasteiger partial charge in [0.25, 0.3) is 0 Å². The number of methoxy groups -OCH3 is 2. The smallest absolute Gasteiger partial charge is 0.410 e. The fourth-order valence-corrected chi connectivity index (χ4v) is 1.97. The second-order valence-corrected chi connectivity index (χ2v) is 3.97. The van der Waals surface area contributed by atoms with E-state index in [9.17, 15) is 14.4 Å². The summed E-state index contributed by atoms with van der Waals surface area (Å²) in [5, 5.41) is 0. The molecule has 1 aliphatic rings. The molecule has 1 fully saturated rings. The van der Waals surface area contributed by atoms with E-state index in [-0.39, 0.29) is 6.54 Å². The summed E-state index contributed by atoms with van der Waals surface area (Å²) in [7, 11) is 2.49. The number of amides is 1. The fourth-order valence-electron chi connectivity index (χ4n) is 1.97. The molecule has 2 atom stereocenters.